The van der Waals surface area contributed by atoms with E-state index >= 15 is 0 Å². The number of alkyl halides is 1. The predicted octanol–water partition coefficient (Wildman–Crippen LogP) is 4.00. The zero-order chi connectivity index (χ0) is 15.1. The largest absolute Gasteiger partial charge is 0.497 e. The predicted molar refractivity (Wildman–Crippen MR) is 81.3 cm³/mol. The summed E-state index contributed by atoms with van der Waals surface area (Å²) < 4.78 is 24.2. The molecule has 0 aliphatic carbocycles. The van der Waals surface area contributed by atoms with Gasteiger partial charge in [-0.15, -0.1) is 11.6 Å². The van der Waals surface area contributed by atoms with Crippen LogP contribution in [0.2, 0.25) is 0 Å². The Morgan fingerprint density at radius 3 is 2.76 bits per heavy atom. The van der Waals surface area contributed by atoms with Crippen LogP contribution in [0.5, 0.6) is 11.5 Å². The lowest BCUT2D eigenvalue weighted by Crippen LogP contribution is -1.97. The molecule has 0 amide bonds. The third kappa shape index (κ3) is 4.70. The number of methoxy groups -OCH3 is 1. The highest BCUT2D eigenvalue weighted by molar-refractivity contribution is 6.19. The fraction of sp³-hybridized carbons (Fsp3) is 0.176. The van der Waals surface area contributed by atoms with Crippen LogP contribution in [-0.4, -0.2) is 13.0 Å². The molecule has 21 heavy (non-hydrogen) atoms. The minimum Gasteiger partial charge on any atom is -0.497 e. The second-order valence-corrected chi connectivity index (χ2v) is 4.52. The molecule has 2 nitrogen and oxygen atoms in total. The second kappa shape index (κ2) is 7.56. The minimum absolute atomic E-state index is 0.205. The van der Waals surface area contributed by atoms with Gasteiger partial charge in [-0.2, -0.15) is 0 Å². The Hall–Kier alpha value is -2.18. The molecule has 2 aromatic carbocycles. The average Bonchev–Trinajstić information content (AvgIpc) is 2.50. The smallest absolute Gasteiger partial charge is 0.128 e. The van der Waals surface area contributed by atoms with Gasteiger partial charge in [-0.1, -0.05) is 24.0 Å². The van der Waals surface area contributed by atoms with E-state index in [1.54, 1.807) is 13.2 Å². The molecule has 2 aromatic rings. The van der Waals surface area contributed by atoms with Gasteiger partial charge in [0.05, 0.1) is 13.0 Å². The first-order chi connectivity index (χ1) is 10.2. The van der Waals surface area contributed by atoms with E-state index < -0.39 is 5.82 Å². The molecule has 0 spiro atoms. The van der Waals surface area contributed by atoms with Crippen LogP contribution < -0.4 is 9.47 Å². The number of ether oxygens (including phenoxy) is 2. The summed E-state index contributed by atoms with van der Waals surface area (Å²) in [4.78, 5) is 0. The molecular formula is C17H14ClFO2. The molecule has 2 rings (SSSR count). The van der Waals surface area contributed by atoms with Crippen molar-refractivity contribution in [2.24, 2.45) is 0 Å². The first kappa shape index (κ1) is 15.2. The van der Waals surface area contributed by atoms with Gasteiger partial charge in [0.15, 0.2) is 0 Å². The summed E-state index contributed by atoms with van der Waals surface area (Å²) in [7, 11) is 1.61. The van der Waals surface area contributed by atoms with E-state index in [4.69, 9.17) is 21.1 Å². The SMILES string of the molecule is COc1cccc(COc2cc(F)cc(C#CCCl)c2)c1. The van der Waals surface area contributed by atoms with Crippen molar-refractivity contribution < 1.29 is 13.9 Å². The summed E-state index contributed by atoms with van der Waals surface area (Å²) in [6.07, 6.45) is 0. The minimum atomic E-state index is -0.392. The highest BCUT2D eigenvalue weighted by Gasteiger charge is 2.02. The van der Waals surface area contributed by atoms with E-state index in [2.05, 4.69) is 11.8 Å². The van der Waals surface area contributed by atoms with Crippen LogP contribution in [-0.2, 0) is 6.61 Å². The third-order valence-electron chi connectivity index (χ3n) is 2.71. The van der Waals surface area contributed by atoms with Crippen molar-refractivity contribution in [3.8, 4) is 23.3 Å². The van der Waals surface area contributed by atoms with Crippen LogP contribution >= 0.6 is 11.6 Å². The van der Waals surface area contributed by atoms with Crippen LogP contribution in [0.25, 0.3) is 0 Å². The maximum atomic E-state index is 13.5. The van der Waals surface area contributed by atoms with E-state index in [0.717, 1.165) is 11.3 Å². The maximum absolute atomic E-state index is 13.5. The van der Waals surface area contributed by atoms with Crippen LogP contribution in [0, 0.1) is 17.7 Å². The summed E-state index contributed by atoms with van der Waals surface area (Å²) in [5.74, 6) is 6.45. The molecule has 4 heteroatoms. The zero-order valence-electron chi connectivity index (χ0n) is 11.5. The van der Waals surface area contributed by atoms with E-state index in [9.17, 15) is 4.39 Å². The maximum Gasteiger partial charge on any atom is 0.128 e. The van der Waals surface area contributed by atoms with Crippen molar-refractivity contribution in [3.05, 3.63) is 59.4 Å². The highest BCUT2D eigenvalue weighted by Crippen LogP contribution is 2.19. The summed E-state index contributed by atoms with van der Waals surface area (Å²) in [5.41, 5.74) is 1.48. The lowest BCUT2D eigenvalue weighted by Gasteiger charge is -2.08. The van der Waals surface area contributed by atoms with Crippen molar-refractivity contribution in [1.82, 2.24) is 0 Å². The molecule has 0 aliphatic rings. The van der Waals surface area contributed by atoms with Crippen LogP contribution in [0.1, 0.15) is 11.1 Å². The summed E-state index contributed by atoms with van der Waals surface area (Å²) >= 11 is 5.49. The van der Waals surface area contributed by atoms with E-state index in [1.165, 1.54) is 12.1 Å². The lowest BCUT2D eigenvalue weighted by molar-refractivity contribution is 0.303. The van der Waals surface area contributed by atoms with E-state index in [1.807, 2.05) is 24.3 Å². The monoisotopic (exact) mass is 304 g/mol. The Kier molecular flexibility index (Phi) is 5.48. The van der Waals surface area contributed by atoms with Crippen molar-refractivity contribution in [2.75, 3.05) is 13.0 Å². The van der Waals surface area contributed by atoms with Gasteiger partial charge >= 0.3 is 0 Å². The van der Waals surface area contributed by atoms with Gasteiger partial charge < -0.3 is 9.47 Å². The average molecular weight is 305 g/mol. The van der Waals surface area contributed by atoms with E-state index in [0.29, 0.717) is 17.9 Å². The van der Waals surface area contributed by atoms with Crippen LogP contribution in [0.4, 0.5) is 4.39 Å². The molecule has 0 saturated carbocycles. The van der Waals surface area contributed by atoms with Gasteiger partial charge in [0.25, 0.3) is 0 Å². The third-order valence-corrected chi connectivity index (χ3v) is 2.84. The van der Waals surface area contributed by atoms with E-state index in [-0.39, 0.29) is 5.88 Å². The Morgan fingerprint density at radius 2 is 2.00 bits per heavy atom. The normalized spacial score (nSPS) is 9.67. The molecule has 0 aromatic heterocycles. The molecule has 0 radical (unpaired) electrons. The second-order valence-electron chi connectivity index (χ2n) is 4.25. The van der Waals surface area contributed by atoms with Gasteiger partial charge in [0.2, 0.25) is 0 Å². The topological polar surface area (TPSA) is 18.5 Å². The summed E-state index contributed by atoms with van der Waals surface area (Å²) in [5, 5.41) is 0. The van der Waals surface area contributed by atoms with Gasteiger partial charge in [-0.25, -0.2) is 4.39 Å². The Bertz CT molecular complexity index is 674. The number of rotatable bonds is 4. The number of halogens is 2. The van der Waals surface area contributed by atoms with Crippen molar-refractivity contribution in [3.63, 3.8) is 0 Å². The molecule has 0 saturated heterocycles. The Morgan fingerprint density at radius 1 is 1.14 bits per heavy atom. The first-order valence-electron chi connectivity index (χ1n) is 6.32. The van der Waals surface area contributed by atoms with Crippen molar-refractivity contribution in [2.45, 2.75) is 6.61 Å². The van der Waals surface area contributed by atoms with Crippen molar-refractivity contribution in [1.29, 1.82) is 0 Å². The molecule has 0 heterocycles. The van der Waals surface area contributed by atoms with Crippen LogP contribution in [0.15, 0.2) is 42.5 Å². The Balaban J connectivity index is 2.10. The van der Waals surface area contributed by atoms with Crippen LogP contribution in [0.3, 0.4) is 0 Å². The molecule has 0 N–H and O–H groups in total. The zero-order valence-corrected chi connectivity index (χ0v) is 12.3. The molecule has 108 valence electrons. The molecular weight excluding hydrogens is 291 g/mol. The molecule has 0 aliphatic heterocycles. The summed E-state index contributed by atoms with van der Waals surface area (Å²) in [6.45, 7) is 0.322. The lowest BCUT2D eigenvalue weighted by atomic mass is 10.2. The molecule has 0 atom stereocenters. The number of benzene rings is 2. The highest BCUT2D eigenvalue weighted by atomic mass is 35.5. The molecule has 0 bridgehead atoms. The van der Waals surface area contributed by atoms with Gasteiger partial charge in [-0.3, -0.25) is 0 Å². The number of hydrogen-bond acceptors (Lipinski definition) is 2. The summed E-state index contributed by atoms with van der Waals surface area (Å²) in [6, 6.07) is 11.9. The van der Waals surface area contributed by atoms with Gasteiger partial charge in [-0.05, 0) is 29.8 Å². The molecule has 0 fully saturated rings. The Labute approximate surface area is 128 Å². The van der Waals surface area contributed by atoms with Gasteiger partial charge in [0, 0.05) is 11.6 Å². The quantitative estimate of drug-likeness (QED) is 0.628. The first-order valence-corrected chi connectivity index (χ1v) is 6.86. The molecule has 0 unspecified atom stereocenters. The fourth-order valence-electron chi connectivity index (χ4n) is 1.78. The standard InChI is InChI=1S/C17H14ClFO2/c1-20-16-6-2-4-14(10-16)12-21-17-9-13(5-3-7-18)8-15(19)11-17/h2,4,6,8-11H,7,12H2,1H3. The van der Waals surface area contributed by atoms with Gasteiger partial charge in [0.1, 0.15) is 23.9 Å². The number of hydrogen-bond donors (Lipinski definition) is 0. The fourth-order valence-corrected chi connectivity index (χ4v) is 1.85. The van der Waals surface area contributed by atoms with Crippen molar-refractivity contribution >= 4 is 11.6 Å².